The molecule has 1 fully saturated rings. The second-order valence-electron chi connectivity index (χ2n) is 8.44. The van der Waals surface area contributed by atoms with Gasteiger partial charge >= 0.3 is 0 Å². The van der Waals surface area contributed by atoms with Crippen molar-refractivity contribution in [2.24, 2.45) is 0 Å². The first kappa shape index (κ1) is 20.2. The summed E-state index contributed by atoms with van der Waals surface area (Å²) in [4.78, 5) is 27.3. The molecule has 2 aliphatic rings. The van der Waals surface area contributed by atoms with Crippen LogP contribution >= 0.6 is 11.6 Å². The molecule has 3 aromatic carbocycles. The summed E-state index contributed by atoms with van der Waals surface area (Å²) in [6.07, 6.45) is 2.03. The molecule has 5 rings (SSSR count). The lowest BCUT2D eigenvalue weighted by Crippen LogP contribution is -2.23. The van der Waals surface area contributed by atoms with E-state index >= 15 is 0 Å². The molecule has 5 heteroatoms. The summed E-state index contributed by atoms with van der Waals surface area (Å²) < 4.78 is 5.65. The number of Topliss-reactive ketones (excluding diaryl/α,β-unsaturated/α-hetero) is 2. The molecule has 2 aliphatic heterocycles. The third-order valence-corrected chi connectivity index (χ3v) is 6.67. The SMILES string of the molecule is O=C(CCN1CCC(c2ccc(Cl)cc2)C1)c1ccc2cc3c(cc2c1)OCCC3=O. The van der Waals surface area contributed by atoms with Gasteiger partial charge in [-0.25, -0.2) is 0 Å². The van der Waals surface area contributed by atoms with E-state index in [0.717, 1.165) is 41.9 Å². The number of fused-ring (bicyclic) bond motifs is 2. The summed E-state index contributed by atoms with van der Waals surface area (Å²) in [6.45, 7) is 3.17. The smallest absolute Gasteiger partial charge is 0.170 e. The van der Waals surface area contributed by atoms with Crippen LogP contribution in [0.4, 0.5) is 0 Å². The molecule has 31 heavy (non-hydrogen) atoms. The first-order valence-electron chi connectivity index (χ1n) is 10.8. The van der Waals surface area contributed by atoms with Crippen LogP contribution in [0.5, 0.6) is 5.75 Å². The highest BCUT2D eigenvalue weighted by atomic mass is 35.5. The Morgan fingerprint density at radius 2 is 1.90 bits per heavy atom. The molecule has 1 unspecified atom stereocenters. The number of nitrogens with zero attached hydrogens (tertiary/aromatic N) is 1. The molecule has 0 amide bonds. The maximum Gasteiger partial charge on any atom is 0.170 e. The van der Waals surface area contributed by atoms with Gasteiger partial charge in [0.15, 0.2) is 11.6 Å². The zero-order chi connectivity index (χ0) is 21.4. The van der Waals surface area contributed by atoms with Gasteiger partial charge in [-0.2, -0.15) is 0 Å². The first-order valence-corrected chi connectivity index (χ1v) is 11.2. The number of benzene rings is 3. The van der Waals surface area contributed by atoms with Gasteiger partial charge in [0.2, 0.25) is 0 Å². The zero-order valence-electron chi connectivity index (χ0n) is 17.3. The van der Waals surface area contributed by atoms with E-state index in [1.54, 1.807) is 0 Å². The Kier molecular flexibility index (Phi) is 5.51. The number of ether oxygens (including phenoxy) is 1. The maximum atomic E-state index is 12.8. The molecule has 0 radical (unpaired) electrons. The number of hydrogen-bond acceptors (Lipinski definition) is 4. The van der Waals surface area contributed by atoms with E-state index in [2.05, 4.69) is 17.0 Å². The zero-order valence-corrected chi connectivity index (χ0v) is 18.0. The highest BCUT2D eigenvalue weighted by Crippen LogP contribution is 2.31. The van der Waals surface area contributed by atoms with Crippen molar-refractivity contribution in [3.63, 3.8) is 0 Å². The van der Waals surface area contributed by atoms with Gasteiger partial charge in [0.05, 0.1) is 12.2 Å². The minimum absolute atomic E-state index is 0.117. The standard InChI is InChI=1S/C26H24ClNO3/c27-22-5-3-17(4-6-22)20-7-10-28(16-20)11-8-24(29)19-2-1-18-14-23-25(30)9-12-31-26(23)15-21(18)13-19/h1-6,13-15,20H,7-12,16H2. The van der Waals surface area contributed by atoms with Crippen molar-refractivity contribution in [1.82, 2.24) is 4.90 Å². The molecule has 1 saturated heterocycles. The number of carbonyl (C=O) groups is 2. The second-order valence-corrected chi connectivity index (χ2v) is 8.88. The average molecular weight is 434 g/mol. The van der Waals surface area contributed by atoms with Crippen molar-refractivity contribution >= 4 is 33.9 Å². The van der Waals surface area contributed by atoms with E-state index in [1.165, 1.54) is 5.56 Å². The minimum Gasteiger partial charge on any atom is -0.492 e. The average Bonchev–Trinajstić information content (AvgIpc) is 3.26. The van der Waals surface area contributed by atoms with Crippen LogP contribution in [-0.4, -0.2) is 42.7 Å². The molecule has 0 bridgehead atoms. The lowest BCUT2D eigenvalue weighted by atomic mass is 9.97. The molecule has 2 heterocycles. The molecule has 1 atom stereocenters. The van der Waals surface area contributed by atoms with Crippen molar-refractivity contribution in [1.29, 1.82) is 0 Å². The van der Waals surface area contributed by atoms with Gasteiger partial charge in [0.1, 0.15) is 5.75 Å². The van der Waals surface area contributed by atoms with E-state index < -0.39 is 0 Å². The predicted molar refractivity (Wildman–Crippen MR) is 123 cm³/mol. The Labute approximate surface area is 186 Å². The molecule has 0 saturated carbocycles. The van der Waals surface area contributed by atoms with Gasteiger partial charge in [-0.05, 0) is 65.6 Å². The summed E-state index contributed by atoms with van der Waals surface area (Å²) in [5.74, 6) is 1.39. The van der Waals surface area contributed by atoms with Crippen LogP contribution in [0, 0.1) is 0 Å². The Hall–Kier alpha value is -2.69. The minimum atomic E-state index is 0.117. The number of likely N-dealkylation sites (tertiary alicyclic amines) is 1. The van der Waals surface area contributed by atoms with Crippen LogP contribution in [0.2, 0.25) is 5.02 Å². The van der Waals surface area contributed by atoms with Crippen molar-refractivity contribution in [3.05, 3.63) is 76.3 Å². The summed E-state index contributed by atoms with van der Waals surface area (Å²) in [6, 6.07) is 17.6. The molecule has 3 aromatic rings. The molecular weight excluding hydrogens is 410 g/mol. The second kappa shape index (κ2) is 8.45. The fraction of sp³-hybridized carbons (Fsp3) is 0.308. The molecule has 158 valence electrons. The normalized spacial score (nSPS) is 18.7. The van der Waals surface area contributed by atoms with Crippen molar-refractivity contribution in [2.75, 3.05) is 26.2 Å². The molecule has 0 spiro atoms. The Balaban J connectivity index is 1.24. The topological polar surface area (TPSA) is 46.6 Å². The molecule has 0 aromatic heterocycles. The maximum absolute atomic E-state index is 12.8. The van der Waals surface area contributed by atoms with E-state index in [4.69, 9.17) is 16.3 Å². The third-order valence-electron chi connectivity index (χ3n) is 6.42. The number of rotatable bonds is 5. The van der Waals surface area contributed by atoms with Crippen LogP contribution in [0.15, 0.2) is 54.6 Å². The summed E-state index contributed by atoms with van der Waals surface area (Å²) in [5.41, 5.74) is 2.67. The number of ketones is 2. The lowest BCUT2D eigenvalue weighted by Gasteiger charge is -2.17. The van der Waals surface area contributed by atoms with Gasteiger partial charge in [-0.3, -0.25) is 9.59 Å². The molecule has 4 nitrogen and oxygen atoms in total. The number of carbonyl (C=O) groups excluding carboxylic acids is 2. The monoisotopic (exact) mass is 433 g/mol. The summed E-state index contributed by atoms with van der Waals surface area (Å²) in [7, 11) is 0. The van der Waals surface area contributed by atoms with Gasteiger partial charge < -0.3 is 9.64 Å². The van der Waals surface area contributed by atoms with E-state index in [0.29, 0.717) is 42.2 Å². The highest BCUT2D eigenvalue weighted by molar-refractivity contribution is 6.30. The molecular formula is C26H24ClNO3. The highest BCUT2D eigenvalue weighted by Gasteiger charge is 2.24. The number of halogens is 1. The quantitative estimate of drug-likeness (QED) is 0.497. The fourth-order valence-electron chi connectivity index (χ4n) is 4.62. The largest absolute Gasteiger partial charge is 0.492 e. The van der Waals surface area contributed by atoms with Crippen LogP contribution in [-0.2, 0) is 0 Å². The number of hydrogen-bond donors (Lipinski definition) is 0. The van der Waals surface area contributed by atoms with Crippen LogP contribution in [0.1, 0.15) is 51.5 Å². The van der Waals surface area contributed by atoms with Crippen molar-refractivity contribution in [2.45, 2.75) is 25.2 Å². The van der Waals surface area contributed by atoms with Gasteiger partial charge in [0.25, 0.3) is 0 Å². The van der Waals surface area contributed by atoms with Crippen LogP contribution in [0.25, 0.3) is 10.8 Å². The third kappa shape index (κ3) is 4.23. The van der Waals surface area contributed by atoms with Gasteiger partial charge in [-0.15, -0.1) is 0 Å². The molecule has 0 aliphatic carbocycles. The first-order chi connectivity index (χ1) is 15.1. The van der Waals surface area contributed by atoms with Crippen LogP contribution in [0.3, 0.4) is 0 Å². The van der Waals surface area contributed by atoms with Gasteiger partial charge in [0, 0.05) is 36.5 Å². The van der Waals surface area contributed by atoms with Crippen molar-refractivity contribution in [3.8, 4) is 5.75 Å². The van der Waals surface area contributed by atoms with E-state index in [9.17, 15) is 9.59 Å². The summed E-state index contributed by atoms with van der Waals surface area (Å²) in [5, 5.41) is 2.65. The Bertz CT molecular complexity index is 1160. The Morgan fingerprint density at radius 3 is 2.74 bits per heavy atom. The van der Waals surface area contributed by atoms with E-state index in [1.807, 2.05) is 42.5 Å². The lowest BCUT2D eigenvalue weighted by molar-refractivity contribution is 0.0931. The van der Waals surface area contributed by atoms with Gasteiger partial charge in [-0.1, -0.05) is 35.9 Å². The van der Waals surface area contributed by atoms with Crippen LogP contribution < -0.4 is 4.74 Å². The Morgan fingerprint density at radius 1 is 1.06 bits per heavy atom. The predicted octanol–water partition coefficient (Wildman–Crippen LogP) is 5.52. The summed E-state index contributed by atoms with van der Waals surface area (Å²) >= 11 is 6.00. The van der Waals surface area contributed by atoms with Crippen molar-refractivity contribution < 1.29 is 14.3 Å². The van der Waals surface area contributed by atoms with E-state index in [-0.39, 0.29) is 11.6 Å². The molecule has 0 N–H and O–H groups in total. The fourth-order valence-corrected chi connectivity index (χ4v) is 4.75.